The van der Waals surface area contributed by atoms with Gasteiger partial charge >= 0.3 is 0 Å². The number of hydrogen-bond acceptors (Lipinski definition) is 6. The van der Waals surface area contributed by atoms with E-state index in [0.717, 1.165) is 81.4 Å². The molecule has 0 spiro atoms. The minimum atomic E-state index is 0.617. The largest absolute Gasteiger partial charge is 0.453 e. The summed E-state index contributed by atoms with van der Waals surface area (Å²) in [6, 6.07) is 38.1. The molecule has 0 unspecified atom stereocenters. The zero-order valence-electron chi connectivity index (χ0n) is 24.2. The SMILES string of the molecule is c1cc2cccc3c4ccc5oc6cnc(nc6c5c4)c4cccc5cccc(c6ncc7oc8ccc(cc8c7n6)c(c1)c23)c54. The van der Waals surface area contributed by atoms with Crippen molar-refractivity contribution in [3.8, 4) is 0 Å². The Morgan fingerprint density at radius 1 is 0.370 bits per heavy atom. The van der Waals surface area contributed by atoms with E-state index in [9.17, 15) is 0 Å². The topological polar surface area (TPSA) is 77.8 Å². The summed E-state index contributed by atoms with van der Waals surface area (Å²) in [5, 5.41) is 12.6. The average Bonchev–Trinajstić information content (AvgIpc) is 3.67. The highest BCUT2D eigenvalue weighted by atomic mass is 16.3. The maximum absolute atomic E-state index is 6.26. The van der Waals surface area contributed by atoms with E-state index in [1.807, 2.05) is 24.3 Å². The van der Waals surface area contributed by atoms with Crippen LogP contribution in [0.5, 0.6) is 0 Å². The van der Waals surface area contributed by atoms with E-state index in [1.165, 1.54) is 5.39 Å². The maximum atomic E-state index is 6.26. The molecule has 8 bridgehead atoms. The summed E-state index contributed by atoms with van der Waals surface area (Å²) in [4.78, 5) is 19.9. The third-order valence-corrected chi connectivity index (χ3v) is 9.33. The Kier molecular flexibility index (Phi) is 4.49. The molecule has 0 saturated heterocycles. The van der Waals surface area contributed by atoms with Gasteiger partial charge in [-0.15, -0.1) is 0 Å². The number of nitrogens with zero attached hydrogens (tertiary/aromatic N) is 4. The number of hydrogen-bond donors (Lipinski definition) is 0. The second kappa shape index (κ2) is 8.61. The molecule has 6 aromatic carbocycles. The van der Waals surface area contributed by atoms with Crippen molar-refractivity contribution in [2.24, 2.45) is 0 Å². The standard InChI is InChI=1S/C40H20N4O2/c1-5-21-6-2-10-26-24-14-16-32-30(18-24)38-34(46-32)20-42-40(44-38)28-12-4-8-22-7-3-11-27(36(22)28)39-41-19-33-37(43-39)29-17-23(13-15-31(29)45-33)25(9-1)35(21)26/h1-20H. The number of aromatic nitrogens is 4. The predicted molar refractivity (Wildman–Crippen MR) is 186 cm³/mol. The summed E-state index contributed by atoms with van der Waals surface area (Å²) in [5.74, 6) is 0. The van der Waals surface area contributed by atoms with Gasteiger partial charge < -0.3 is 8.83 Å². The first-order valence-electron chi connectivity index (χ1n) is 15.2. The lowest BCUT2D eigenvalue weighted by Crippen LogP contribution is -1.87. The second-order valence-corrected chi connectivity index (χ2v) is 11.9. The van der Waals surface area contributed by atoms with Gasteiger partial charge in [-0.05, 0) is 62.0 Å². The van der Waals surface area contributed by atoms with Crippen LogP contribution < -0.4 is 0 Å². The third-order valence-electron chi connectivity index (χ3n) is 9.33. The molecular formula is C40H20N4O2. The van der Waals surface area contributed by atoms with Crippen molar-refractivity contribution in [3.05, 3.63) is 122 Å². The van der Waals surface area contributed by atoms with Crippen LogP contribution in [-0.4, -0.2) is 19.9 Å². The smallest absolute Gasteiger partial charge is 0.172 e. The van der Waals surface area contributed by atoms with Crippen LogP contribution in [0.1, 0.15) is 0 Å². The molecule has 5 aromatic heterocycles. The lowest BCUT2D eigenvalue weighted by molar-refractivity contribution is 0.666. The van der Waals surface area contributed by atoms with Gasteiger partial charge in [-0.2, -0.15) is 0 Å². The van der Waals surface area contributed by atoms with Crippen molar-refractivity contribution < 1.29 is 8.83 Å². The molecule has 0 radical (unpaired) electrons. The van der Waals surface area contributed by atoms with Gasteiger partial charge in [0.2, 0.25) is 0 Å². The zero-order chi connectivity index (χ0) is 29.9. The predicted octanol–water partition coefficient (Wildman–Crippen LogP) is 10.5. The molecular weight excluding hydrogens is 568 g/mol. The summed E-state index contributed by atoms with van der Waals surface area (Å²) < 4.78 is 12.5. The number of benzene rings is 6. The molecule has 0 aliphatic rings. The fourth-order valence-corrected chi connectivity index (χ4v) is 7.25. The van der Waals surface area contributed by atoms with Gasteiger partial charge in [0.05, 0.1) is 12.4 Å². The van der Waals surface area contributed by atoms with E-state index in [-0.39, 0.29) is 0 Å². The van der Waals surface area contributed by atoms with Gasteiger partial charge in [-0.1, -0.05) is 84.9 Å². The molecule has 11 rings (SSSR count). The van der Waals surface area contributed by atoms with Gasteiger partial charge in [-0.3, -0.25) is 0 Å². The van der Waals surface area contributed by atoms with Crippen molar-refractivity contribution in [1.82, 2.24) is 19.9 Å². The van der Waals surface area contributed by atoms with E-state index in [1.54, 1.807) is 12.4 Å². The first-order valence-corrected chi connectivity index (χ1v) is 15.2. The van der Waals surface area contributed by atoms with Crippen molar-refractivity contribution in [2.75, 3.05) is 0 Å². The number of fused-ring (bicyclic) bond motifs is 8. The lowest BCUT2D eigenvalue weighted by Gasteiger charge is -2.06. The molecule has 0 saturated carbocycles. The first kappa shape index (κ1) is 24.0. The molecule has 0 amide bonds. The number of furan rings is 2. The van der Waals surface area contributed by atoms with E-state index in [2.05, 4.69) is 84.9 Å². The fraction of sp³-hybridized carbons (Fsp3) is 0. The van der Waals surface area contributed by atoms with Crippen LogP contribution >= 0.6 is 0 Å². The summed E-state index contributed by atoms with van der Waals surface area (Å²) in [5.41, 5.74) is 5.65. The Balaban J connectivity index is 1.46. The minimum Gasteiger partial charge on any atom is -0.453 e. The Labute approximate surface area is 259 Å². The van der Waals surface area contributed by atoms with Crippen LogP contribution in [0.3, 0.4) is 0 Å². The van der Waals surface area contributed by atoms with Crippen LogP contribution in [0, 0.1) is 0 Å². The summed E-state index contributed by atoms with van der Waals surface area (Å²) in [7, 11) is 0. The molecule has 0 atom stereocenters. The Hall–Kier alpha value is -6.40. The van der Waals surface area contributed by atoms with Gasteiger partial charge in [0.25, 0.3) is 0 Å². The summed E-state index contributed by atoms with van der Waals surface area (Å²) in [6.07, 6.45) is 3.56. The van der Waals surface area contributed by atoms with Crippen LogP contribution in [0.15, 0.2) is 130 Å². The van der Waals surface area contributed by atoms with E-state index in [4.69, 9.17) is 28.8 Å². The molecule has 0 N–H and O–H groups in total. The molecule has 11 aromatic rings. The molecule has 5 heterocycles. The van der Waals surface area contributed by atoms with Gasteiger partial charge in [0.15, 0.2) is 22.5 Å². The van der Waals surface area contributed by atoms with Crippen molar-refractivity contribution in [3.63, 3.8) is 0 Å². The van der Waals surface area contributed by atoms with Gasteiger partial charge in [0.1, 0.15) is 22.2 Å². The maximum Gasteiger partial charge on any atom is 0.172 e. The molecule has 46 heavy (non-hydrogen) atoms. The Morgan fingerprint density at radius 2 is 0.804 bits per heavy atom. The van der Waals surface area contributed by atoms with Crippen molar-refractivity contribution in [2.45, 2.75) is 0 Å². The molecule has 6 nitrogen and oxygen atoms in total. The lowest BCUT2D eigenvalue weighted by atomic mass is 9.98. The van der Waals surface area contributed by atoms with Gasteiger partial charge in [0, 0.05) is 26.9 Å². The molecule has 0 aliphatic heterocycles. The molecule has 6 heteroatoms. The highest BCUT2D eigenvalue weighted by Crippen LogP contribution is 2.37. The molecule has 0 fully saturated rings. The summed E-state index contributed by atoms with van der Waals surface area (Å²) in [6.45, 7) is 0. The first-order chi connectivity index (χ1) is 22.8. The van der Waals surface area contributed by atoms with Crippen LogP contribution in [0.2, 0.25) is 0 Å². The van der Waals surface area contributed by atoms with E-state index >= 15 is 0 Å². The van der Waals surface area contributed by atoms with Crippen LogP contribution in [-0.2, 0) is 0 Å². The monoisotopic (exact) mass is 588 g/mol. The minimum absolute atomic E-state index is 0.617. The normalized spacial score (nSPS) is 12.3. The average molecular weight is 589 g/mol. The van der Waals surface area contributed by atoms with Crippen LogP contribution in [0.25, 0.3) is 109 Å². The highest BCUT2D eigenvalue weighted by Gasteiger charge is 2.15. The van der Waals surface area contributed by atoms with E-state index < -0.39 is 0 Å². The summed E-state index contributed by atoms with van der Waals surface area (Å²) >= 11 is 0. The third kappa shape index (κ3) is 3.19. The quantitative estimate of drug-likeness (QED) is 0.175. The molecule has 212 valence electrons. The van der Waals surface area contributed by atoms with Crippen molar-refractivity contribution in [1.29, 1.82) is 0 Å². The highest BCUT2D eigenvalue weighted by molar-refractivity contribution is 6.22. The fourth-order valence-electron chi connectivity index (χ4n) is 7.25. The Morgan fingerprint density at radius 3 is 1.28 bits per heavy atom. The second-order valence-electron chi connectivity index (χ2n) is 11.9. The van der Waals surface area contributed by atoms with Crippen LogP contribution in [0.4, 0.5) is 0 Å². The van der Waals surface area contributed by atoms with Crippen molar-refractivity contribution >= 4 is 109 Å². The van der Waals surface area contributed by atoms with Gasteiger partial charge in [-0.25, -0.2) is 19.9 Å². The van der Waals surface area contributed by atoms with E-state index in [0.29, 0.717) is 22.5 Å². The zero-order valence-corrected chi connectivity index (χ0v) is 24.2. The number of rotatable bonds is 0. The Bertz CT molecular complexity index is 2740. The molecule has 0 aliphatic carbocycles.